The number of esters is 1. The second-order valence-corrected chi connectivity index (χ2v) is 4.58. The van der Waals surface area contributed by atoms with Crippen molar-refractivity contribution in [2.45, 2.75) is 6.92 Å². The van der Waals surface area contributed by atoms with Gasteiger partial charge in [-0.3, -0.25) is 4.79 Å². The molecule has 0 aliphatic carbocycles. The number of methoxy groups -OCH3 is 1. The van der Waals surface area contributed by atoms with Crippen molar-refractivity contribution in [2.75, 3.05) is 13.7 Å². The summed E-state index contributed by atoms with van der Waals surface area (Å²) in [5, 5.41) is 12.0. The topological polar surface area (TPSA) is 91.4 Å². The van der Waals surface area contributed by atoms with E-state index >= 15 is 0 Å². The molecule has 22 heavy (non-hydrogen) atoms. The second kappa shape index (κ2) is 6.30. The number of hydrogen-bond acceptors (Lipinski definition) is 4. The van der Waals surface area contributed by atoms with Crippen molar-refractivity contribution >= 4 is 22.8 Å². The molecule has 0 fully saturated rings. The molecule has 1 aromatic carbocycles. The Balaban J connectivity index is 2.25. The van der Waals surface area contributed by atoms with Crippen LogP contribution >= 0.6 is 0 Å². The number of benzene rings is 1. The fraction of sp³-hybridized carbons (Fsp3) is 0.200. The first kappa shape index (κ1) is 15.6. The van der Waals surface area contributed by atoms with Crippen molar-refractivity contribution in [3.8, 4) is 5.75 Å². The molecule has 0 saturated carbocycles. The molecule has 0 bridgehead atoms. The van der Waals surface area contributed by atoms with Gasteiger partial charge in [-0.25, -0.2) is 9.18 Å². The fourth-order valence-corrected chi connectivity index (χ4v) is 2.11. The third kappa shape index (κ3) is 2.93. The molecule has 0 aliphatic heterocycles. The number of hydrogen-bond donors (Lipinski definition) is 3. The lowest BCUT2D eigenvalue weighted by Gasteiger charge is -2.04. The van der Waals surface area contributed by atoms with Crippen LogP contribution in [0.25, 0.3) is 10.9 Å². The van der Waals surface area contributed by atoms with Gasteiger partial charge in [0.25, 0.3) is 5.91 Å². The fourth-order valence-electron chi connectivity index (χ4n) is 2.11. The van der Waals surface area contributed by atoms with Crippen molar-refractivity contribution in [2.24, 2.45) is 0 Å². The summed E-state index contributed by atoms with van der Waals surface area (Å²) in [6.45, 7) is 1.72. The molecule has 2 rings (SSSR count). The molecule has 116 valence electrons. The third-order valence-electron chi connectivity index (χ3n) is 3.13. The number of nitrogens with one attached hydrogen (secondary N) is 2. The molecule has 2 aromatic rings. The molecule has 0 aliphatic rings. The highest BCUT2D eigenvalue weighted by Gasteiger charge is 2.20. The molecule has 6 nitrogen and oxygen atoms in total. The number of H-pyrrole nitrogens is 1. The van der Waals surface area contributed by atoms with Gasteiger partial charge in [0.15, 0.2) is 11.6 Å². The first-order valence-electron chi connectivity index (χ1n) is 6.48. The minimum atomic E-state index is -0.850. The predicted molar refractivity (Wildman–Crippen MR) is 78.1 cm³/mol. The number of aromatic nitrogens is 1. The molecule has 0 radical (unpaired) electrons. The smallest absolute Gasteiger partial charge is 0.330 e. The highest BCUT2D eigenvalue weighted by molar-refractivity contribution is 6.08. The van der Waals surface area contributed by atoms with Crippen molar-refractivity contribution in [3.63, 3.8) is 0 Å². The molecule has 7 heteroatoms. The second-order valence-electron chi connectivity index (χ2n) is 4.58. The highest BCUT2D eigenvalue weighted by atomic mass is 19.1. The SMILES string of the molecule is COC(=O)/C=C/CNC(=O)c1c(C)[nH]c2ccc(O)c(F)c12. The van der Waals surface area contributed by atoms with E-state index in [4.69, 9.17) is 0 Å². The van der Waals surface area contributed by atoms with Gasteiger partial charge in [-0.2, -0.15) is 0 Å². The summed E-state index contributed by atoms with van der Waals surface area (Å²) < 4.78 is 18.5. The minimum absolute atomic E-state index is 0.0342. The van der Waals surface area contributed by atoms with E-state index in [9.17, 15) is 19.1 Å². The van der Waals surface area contributed by atoms with Crippen LogP contribution in [0.4, 0.5) is 4.39 Å². The van der Waals surface area contributed by atoms with Gasteiger partial charge in [0.05, 0.1) is 18.1 Å². The summed E-state index contributed by atoms with van der Waals surface area (Å²) in [7, 11) is 1.25. The number of phenols is 1. The lowest BCUT2D eigenvalue weighted by atomic mass is 10.1. The number of ether oxygens (including phenoxy) is 1. The minimum Gasteiger partial charge on any atom is -0.505 e. The van der Waals surface area contributed by atoms with Gasteiger partial charge in [0.2, 0.25) is 0 Å². The number of rotatable bonds is 4. The normalized spacial score (nSPS) is 11.0. The molecule has 0 atom stereocenters. The predicted octanol–water partition coefficient (Wildman–Crippen LogP) is 1.78. The van der Waals surface area contributed by atoms with Crippen LogP contribution in [0.2, 0.25) is 0 Å². The molecular formula is C15H15FN2O4. The van der Waals surface area contributed by atoms with Crippen LogP contribution in [0.1, 0.15) is 16.1 Å². The zero-order chi connectivity index (χ0) is 16.3. The van der Waals surface area contributed by atoms with E-state index in [1.54, 1.807) is 6.92 Å². The number of fused-ring (bicyclic) bond motifs is 1. The maximum Gasteiger partial charge on any atom is 0.330 e. The van der Waals surface area contributed by atoms with E-state index in [1.807, 2.05) is 0 Å². The van der Waals surface area contributed by atoms with Crippen molar-refractivity contribution < 1.29 is 23.8 Å². The van der Waals surface area contributed by atoms with Gasteiger partial charge in [-0.05, 0) is 19.1 Å². The summed E-state index contributed by atoms with van der Waals surface area (Å²) in [6, 6.07) is 2.71. The number of aryl methyl sites for hydroxylation is 1. The molecule has 3 N–H and O–H groups in total. The van der Waals surface area contributed by atoms with Crippen LogP contribution in [0.5, 0.6) is 5.75 Å². The number of amides is 1. The number of aromatic amines is 1. The zero-order valence-corrected chi connectivity index (χ0v) is 12.1. The number of aromatic hydroxyl groups is 1. The van der Waals surface area contributed by atoms with Gasteiger partial charge in [-0.1, -0.05) is 6.08 Å². The van der Waals surface area contributed by atoms with E-state index < -0.39 is 23.4 Å². The highest BCUT2D eigenvalue weighted by Crippen LogP contribution is 2.29. The largest absolute Gasteiger partial charge is 0.505 e. The molecule has 0 spiro atoms. The first-order chi connectivity index (χ1) is 10.5. The quantitative estimate of drug-likeness (QED) is 0.593. The lowest BCUT2D eigenvalue weighted by Crippen LogP contribution is -2.24. The van der Waals surface area contributed by atoms with Crippen LogP contribution in [0, 0.1) is 12.7 Å². The summed E-state index contributed by atoms with van der Waals surface area (Å²) >= 11 is 0. The van der Waals surface area contributed by atoms with Crippen molar-refractivity contribution in [1.82, 2.24) is 10.3 Å². The Morgan fingerprint density at radius 1 is 1.45 bits per heavy atom. The lowest BCUT2D eigenvalue weighted by molar-refractivity contribution is -0.134. The first-order valence-corrected chi connectivity index (χ1v) is 6.48. The van der Waals surface area contributed by atoms with E-state index in [-0.39, 0.29) is 17.5 Å². The number of halogens is 1. The van der Waals surface area contributed by atoms with Crippen molar-refractivity contribution in [3.05, 3.63) is 41.4 Å². The Bertz CT molecular complexity index is 764. The number of phenolic OH excluding ortho intramolecular Hbond substituents is 1. The van der Waals surface area contributed by atoms with Crippen LogP contribution in [0.3, 0.4) is 0 Å². The Kier molecular flexibility index (Phi) is 4.45. The van der Waals surface area contributed by atoms with Gasteiger partial charge >= 0.3 is 5.97 Å². The maximum absolute atomic E-state index is 14.0. The standard InChI is InChI=1S/C15H15FN2O4/c1-8-12(15(21)17-7-3-4-11(20)22-2)13-9(18-8)5-6-10(19)14(13)16/h3-6,18-19H,7H2,1-2H3,(H,17,21)/b4-3+. The number of carbonyl (C=O) groups excluding carboxylic acids is 2. The molecular weight excluding hydrogens is 291 g/mol. The monoisotopic (exact) mass is 306 g/mol. The van der Waals surface area contributed by atoms with Gasteiger partial charge in [0.1, 0.15) is 0 Å². The zero-order valence-electron chi connectivity index (χ0n) is 12.1. The average Bonchev–Trinajstić information content (AvgIpc) is 2.84. The van der Waals surface area contributed by atoms with Crippen LogP contribution in [-0.2, 0) is 9.53 Å². The van der Waals surface area contributed by atoms with Crippen LogP contribution < -0.4 is 5.32 Å². The molecule has 0 saturated heterocycles. The summed E-state index contributed by atoms with van der Waals surface area (Å²) in [4.78, 5) is 26.0. The third-order valence-corrected chi connectivity index (χ3v) is 3.13. The van der Waals surface area contributed by atoms with E-state index in [1.165, 1.54) is 31.4 Å². The Morgan fingerprint density at radius 2 is 2.18 bits per heavy atom. The summed E-state index contributed by atoms with van der Waals surface area (Å²) in [5.74, 6) is -2.42. The Morgan fingerprint density at radius 3 is 2.86 bits per heavy atom. The molecule has 1 heterocycles. The van der Waals surface area contributed by atoms with Crippen LogP contribution in [0.15, 0.2) is 24.3 Å². The van der Waals surface area contributed by atoms with Gasteiger partial charge in [0, 0.05) is 23.8 Å². The van der Waals surface area contributed by atoms with Crippen LogP contribution in [-0.4, -0.2) is 35.6 Å². The molecule has 0 unspecified atom stereocenters. The van der Waals surface area contributed by atoms with Crippen molar-refractivity contribution in [1.29, 1.82) is 0 Å². The van der Waals surface area contributed by atoms with E-state index in [0.29, 0.717) is 11.2 Å². The molecule has 1 aromatic heterocycles. The summed E-state index contributed by atoms with van der Waals surface area (Å²) in [6.07, 6.45) is 2.59. The number of carbonyl (C=O) groups is 2. The average molecular weight is 306 g/mol. The Labute approximate surface area is 125 Å². The maximum atomic E-state index is 14.0. The summed E-state index contributed by atoms with van der Waals surface area (Å²) in [5.41, 5.74) is 1.02. The van der Waals surface area contributed by atoms with Gasteiger partial charge < -0.3 is 20.1 Å². The van der Waals surface area contributed by atoms with Gasteiger partial charge in [-0.15, -0.1) is 0 Å². The molecule has 1 amide bonds. The van der Waals surface area contributed by atoms with E-state index in [2.05, 4.69) is 15.0 Å². The Hall–Kier alpha value is -2.83. The van der Waals surface area contributed by atoms with E-state index in [0.717, 1.165) is 0 Å².